The van der Waals surface area contributed by atoms with Gasteiger partial charge in [0.1, 0.15) is 17.5 Å². The number of piperidine rings is 1. The van der Waals surface area contributed by atoms with Crippen LogP contribution in [0.3, 0.4) is 0 Å². The van der Waals surface area contributed by atoms with Gasteiger partial charge in [-0.1, -0.05) is 17.7 Å². The molecule has 1 N–H and O–H groups in total. The lowest BCUT2D eigenvalue weighted by molar-refractivity contribution is 0.0946. The average Bonchev–Trinajstić information content (AvgIpc) is 2.60. The maximum atomic E-state index is 13.8. The lowest BCUT2D eigenvalue weighted by Crippen LogP contribution is -2.31. The van der Waals surface area contributed by atoms with Crippen molar-refractivity contribution in [2.75, 3.05) is 18.0 Å². The number of carbonyl (C=O) groups excluding carboxylic acids is 1. The molecule has 5 nitrogen and oxygen atoms in total. The number of amides is 1. The fraction of sp³-hybridized carbons (Fsp3) is 0.389. The lowest BCUT2D eigenvalue weighted by Gasteiger charge is -2.28. The molecule has 0 radical (unpaired) electrons. The minimum absolute atomic E-state index is 0.0802. The zero-order chi connectivity index (χ0) is 17.8. The van der Waals surface area contributed by atoms with Crippen molar-refractivity contribution >= 4 is 23.3 Å². The highest BCUT2D eigenvalue weighted by molar-refractivity contribution is 6.33. The topological polar surface area (TPSA) is 58.1 Å². The Morgan fingerprint density at radius 1 is 1.28 bits per heavy atom. The van der Waals surface area contributed by atoms with Gasteiger partial charge < -0.3 is 10.2 Å². The monoisotopic (exact) mass is 362 g/mol. The van der Waals surface area contributed by atoms with Crippen LogP contribution in [0, 0.1) is 12.7 Å². The van der Waals surface area contributed by atoms with Crippen LogP contribution < -0.4 is 10.2 Å². The van der Waals surface area contributed by atoms with Gasteiger partial charge in [0.25, 0.3) is 5.91 Å². The summed E-state index contributed by atoms with van der Waals surface area (Å²) in [5.41, 5.74) is 0.678. The molecule has 3 rings (SSSR count). The molecule has 7 heteroatoms. The van der Waals surface area contributed by atoms with Crippen molar-refractivity contribution in [3.63, 3.8) is 0 Å². The number of benzene rings is 1. The van der Waals surface area contributed by atoms with Crippen molar-refractivity contribution in [1.29, 1.82) is 0 Å². The second kappa shape index (κ2) is 7.78. The van der Waals surface area contributed by atoms with Crippen molar-refractivity contribution in [3.8, 4) is 0 Å². The lowest BCUT2D eigenvalue weighted by atomic mass is 10.1. The van der Waals surface area contributed by atoms with Crippen LogP contribution in [0.4, 0.5) is 10.2 Å². The molecule has 0 bridgehead atoms. The van der Waals surface area contributed by atoms with Gasteiger partial charge in [0.05, 0.1) is 17.1 Å². The van der Waals surface area contributed by atoms with E-state index in [1.165, 1.54) is 24.6 Å². The number of rotatable bonds is 4. The highest BCUT2D eigenvalue weighted by Gasteiger charge is 2.17. The Morgan fingerprint density at radius 3 is 2.76 bits per heavy atom. The molecule has 2 heterocycles. The van der Waals surface area contributed by atoms with E-state index >= 15 is 0 Å². The number of nitrogens with one attached hydrogen (secondary N) is 1. The predicted molar refractivity (Wildman–Crippen MR) is 95.4 cm³/mol. The highest BCUT2D eigenvalue weighted by atomic mass is 35.5. The van der Waals surface area contributed by atoms with Gasteiger partial charge >= 0.3 is 0 Å². The Labute approximate surface area is 151 Å². The molecule has 1 aliphatic heterocycles. The van der Waals surface area contributed by atoms with Crippen LogP contribution in [-0.2, 0) is 6.54 Å². The predicted octanol–water partition coefficient (Wildman–Crippen LogP) is 3.50. The molecule has 0 unspecified atom stereocenters. The van der Waals surface area contributed by atoms with E-state index in [2.05, 4.69) is 20.2 Å². The quantitative estimate of drug-likeness (QED) is 0.904. The zero-order valence-electron chi connectivity index (χ0n) is 14.1. The van der Waals surface area contributed by atoms with Crippen molar-refractivity contribution in [2.24, 2.45) is 0 Å². The largest absolute Gasteiger partial charge is 0.357 e. The number of aryl methyl sites for hydroxylation is 1. The molecule has 1 aromatic carbocycles. The first-order valence-electron chi connectivity index (χ1n) is 8.36. The summed E-state index contributed by atoms with van der Waals surface area (Å²) in [4.78, 5) is 23.4. The van der Waals surface area contributed by atoms with Crippen LogP contribution in [-0.4, -0.2) is 29.0 Å². The van der Waals surface area contributed by atoms with Gasteiger partial charge in [0.2, 0.25) is 0 Å². The van der Waals surface area contributed by atoms with Gasteiger partial charge in [-0.05, 0) is 38.3 Å². The SMILES string of the molecule is Cc1cc(N2CCCCC2)nc(CNC(=O)c2c(F)cccc2Cl)n1. The van der Waals surface area contributed by atoms with E-state index in [0.29, 0.717) is 5.82 Å². The van der Waals surface area contributed by atoms with Crippen molar-refractivity contribution < 1.29 is 9.18 Å². The molecular weight excluding hydrogens is 343 g/mol. The minimum atomic E-state index is -0.649. The first-order valence-corrected chi connectivity index (χ1v) is 8.74. The van der Waals surface area contributed by atoms with Crippen LogP contribution in [0.15, 0.2) is 24.3 Å². The van der Waals surface area contributed by atoms with Gasteiger partial charge in [-0.2, -0.15) is 0 Å². The average molecular weight is 363 g/mol. The van der Waals surface area contributed by atoms with E-state index in [0.717, 1.165) is 37.4 Å². The molecule has 0 atom stereocenters. The molecule has 2 aromatic rings. The van der Waals surface area contributed by atoms with E-state index in [9.17, 15) is 9.18 Å². The minimum Gasteiger partial charge on any atom is -0.357 e. The molecule has 1 aromatic heterocycles. The first-order chi connectivity index (χ1) is 12.0. The third kappa shape index (κ3) is 4.25. The molecule has 1 saturated heterocycles. The maximum Gasteiger partial charge on any atom is 0.256 e. The molecule has 1 amide bonds. The number of hydrogen-bond donors (Lipinski definition) is 1. The van der Waals surface area contributed by atoms with Crippen molar-refractivity contribution in [3.05, 3.63) is 52.2 Å². The molecule has 132 valence electrons. The second-order valence-electron chi connectivity index (χ2n) is 6.11. The smallest absolute Gasteiger partial charge is 0.256 e. The van der Waals surface area contributed by atoms with Gasteiger partial charge in [0.15, 0.2) is 0 Å². The summed E-state index contributed by atoms with van der Waals surface area (Å²) in [6.07, 6.45) is 3.55. The summed E-state index contributed by atoms with van der Waals surface area (Å²) >= 11 is 5.92. The standard InChI is InChI=1S/C18H20ClFN4O/c1-12-10-16(24-8-3-2-4-9-24)23-15(22-12)11-21-18(25)17-13(19)6-5-7-14(17)20/h5-7,10H,2-4,8-9,11H2,1H3,(H,21,25). The van der Waals surface area contributed by atoms with Crippen LogP contribution in [0.2, 0.25) is 5.02 Å². The van der Waals surface area contributed by atoms with E-state index < -0.39 is 11.7 Å². The van der Waals surface area contributed by atoms with Gasteiger partial charge in [-0.25, -0.2) is 14.4 Å². The fourth-order valence-electron chi connectivity index (χ4n) is 2.94. The van der Waals surface area contributed by atoms with Crippen LogP contribution in [0.1, 0.15) is 41.1 Å². The Balaban J connectivity index is 1.72. The number of aromatic nitrogens is 2. The molecule has 1 fully saturated rings. The Bertz CT molecular complexity index is 757. The van der Waals surface area contributed by atoms with Gasteiger partial charge in [-0.15, -0.1) is 0 Å². The molecule has 1 aliphatic rings. The van der Waals surface area contributed by atoms with E-state index in [1.54, 1.807) is 0 Å². The van der Waals surface area contributed by atoms with Gasteiger partial charge in [-0.3, -0.25) is 4.79 Å². The third-order valence-electron chi connectivity index (χ3n) is 4.16. The summed E-state index contributed by atoms with van der Waals surface area (Å²) in [7, 11) is 0. The number of carbonyl (C=O) groups is 1. The summed E-state index contributed by atoms with van der Waals surface area (Å²) in [5.74, 6) is 0.152. The number of halogens is 2. The third-order valence-corrected chi connectivity index (χ3v) is 4.48. The molecule has 0 aliphatic carbocycles. The van der Waals surface area contributed by atoms with E-state index in [1.807, 2.05) is 13.0 Å². The van der Waals surface area contributed by atoms with E-state index in [4.69, 9.17) is 11.6 Å². The zero-order valence-corrected chi connectivity index (χ0v) is 14.8. The molecule has 25 heavy (non-hydrogen) atoms. The van der Waals surface area contributed by atoms with Crippen LogP contribution in [0.25, 0.3) is 0 Å². The van der Waals surface area contributed by atoms with E-state index in [-0.39, 0.29) is 17.1 Å². The number of nitrogens with zero attached hydrogens (tertiary/aromatic N) is 3. The highest BCUT2D eigenvalue weighted by Crippen LogP contribution is 2.20. The summed E-state index contributed by atoms with van der Waals surface area (Å²) < 4.78 is 13.8. The number of anilines is 1. The van der Waals surface area contributed by atoms with Crippen molar-refractivity contribution in [1.82, 2.24) is 15.3 Å². The Morgan fingerprint density at radius 2 is 2.04 bits per heavy atom. The summed E-state index contributed by atoms with van der Waals surface area (Å²) in [6.45, 7) is 3.97. The molecule has 0 saturated carbocycles. The molecule has 0 spiro atoms. The summed E-state index contributed by atoms with van der Waals surface area (Å²) in [5, 5.41) is 2.73. The summed E-state index contributed by atoms with van der Waals surface area (Å²) in [6, 6.07) is 6.10. The van der Waals surface area contributed by atoms with Crippen molar-refractivity contribution in [2.45, 2.75) is 32.7 Å². The maximum absolute atomic E-state index is 13.8. The second-order valence-corrected chi connectivity index (χ2v) is 6.52. The van der Waals surface area contributed by atoms with Crippen LogP contribution in [0.5, 0.6) is 0 Å². The first kappa shape index (κ1) is 17.6. The Hall–Kier alpha value is -2.21. The Kier molecular flexibility index (Phi) is 5.48. The van der Waals surface area contributed by atoms with Gasteiger partial charge in [0, 0.05) is 24.8 Å². The van der Waals surface area contributed by atoms with Crippen LogP contribution >= 0.6 is 11.6 Å². The number of hydrogen-bond acceptors (Lipinski definition) is 4. The normalized spacial score (nSPS) is 14.4. The fourth-order valence-corrected chi connectivity index (χ4v) is 3.19. The molecular formula is C18H20ClFN4O.